The summed E-state index contributed by atoms with van der Waals surface area (Å²) in [5, 5.41) is 2.69. The van der Waals surface area contributed by atoms with Gasteiger partial charge < -0.3 is 19.2 Å². The van der Waals surface area contributed by atoms with Crippen molar-refractivity contribution in [3.05, 3.63) is 65.5 Å². The normalized spacial score (nSPS) is 10.6. The summed E-state index contributed by atoms with van der Waals surface area (Å²) in [6.45, 7) is 3.72. The van der Waals surface area contributed by atoms with Crippen LogP contribution in [0, 0.1) is 0 Å². The van der Waals surface area contributed by atoms with Gasteiger partial charge in [-0.2, -0.15) is 0 Å². The topological polar surface area (TPSA) is 86.1 Å². The molecule has 3 aromatic rings. The van der Waals surface area contributed by atoms with Crippen molar-refractivity contribution >= 4 is 29.4 Å². The summed E-state index contributed by atoms with van der Waals surface area (Å²) in [4.78, 5) is 34.7. The Morgan fingerprint density at radius 1 is 1.10 bits per heavy atom. The molecule has 0 saturated heterocycles. The van der Waals surface area contributed by atoms with Crippen LogP contribution in [0.1, 0.15) is 30.7 Å². The van der Waals surface area contributed by atoms with E-state index >= 15 is 0 Å². The maximum Gasteiger partial charge on any atom is 0.344 e. The second kappa shape index (κ2) is 9.73. The van der Waals surface area contributed by atoms with Gasteiger partial charge in [-0.15, -0.1) is 0 Å². The van der Waals surface area contributed by atoms with Crippen molar-refractivity contribution in [1.82, 2.24) is 4.40 Å². The molecule has 0 spiro atoms. The zero-order valence-corrected chi connectivity index (χ0v) is 17.0. The summed E-state index contributed by atoms with van der Waals surface area (Å²) in [6.07, 6.45) is 3.38. The fourth-order valence-corrected chi connectivity index (χ4v) is 3.49. The minimum Gasteiger partial charge on any atom is -0.480 e. The van der Waals surface area contributed by atoms with E-state index in [0.29, 0.717) is 29.8 Å². The number of nitrogens with one attached hydrogen (secondary N) is 1. The number of aldehydes is 1. The molecule has 0 bridgehead atoms. The lowest BCUT2D eigenvalue weighted by atomic mass is 10.0. The molecule has 2 aromatic heterocycles. The Morgan fingerprint density at radius 2 is 1.87 bits per heavy atom. The van der Waals surface area contributed by atoms with Gasteiger partial charge in [0.25, 0.3) is 5.91 Å². The molecule has 0 aliphatic carbocycles. The second-order valence-electron chi connectivity index (χ2n) is 6.61. The standard InChI is InChI=1S/C23H24N2O5/c1-3-17-18(13-16-9-6-5-7-10-16)25-12-8-11-19(30-15-21(28)29-4-2)23(25)22(17)24-20(27)14-26/h5-12,14H,3-4,13,15H2,1-2H3,(H,24,27). The number of esters is 1. The molecule has 0 radical (unpaired) electrons. The predicted molar refractivity (Wildman–Crippen MR) is 113 cm³/mol. The molecular formula is C23H24N2O5. The van der Waals surface area contributed by atoms with Crippen LogP contribution < -0.4 is 10.1 Å². The minimum atomic E-state index is -0.747. The Bertz CT molecular complexity index is 1060. The fourth-order valence-electron chi connectivity index (χ4n) is 3.49. The lowest BCUT2D eigenvalue weighted by molar-refractivity contribution is -0.145. The second-order valence-corrected chi connectivity index (χ2v) is 6.61. The molecule has 3 rings (SSSR count). The van der Waals surface area contributed by atoms with Crippen molar-refractivity contribution in [2.75, 3.05) is 18.5 Å². The third kappa shape index (κ3) is 4.51. The molecule has 2 heterocycles. The van der Waals surface area contributed by atoms with E-state index in [9.17, 15) is 14.4 Å². The number of fused-ring (bicyclic) bond motifs is 1. The van der Waals surface area contributed by atoms with E-state index < -0.39 is 11.9 Å². The molecule has 0 saturated carbocycles. The molecule has 1 amide bonds. The zero-order valence-electron chi connectivity index (χ0n) is 17.0. The summed E-state index contributed by atoms with van der Waals surface area (Å²) in [6, 6.07) is 13.5. The van der Waals surface area contributed by atoms with Gasteiger partial charge in [-0.3, -0.25) is 9.59 Å². The highest BCUT2D eigenvalue weighted by molar-refractivity contribution is 6.30. The minimum absolute atomic E-state index is 0.238. The smallest absolute Gasteiger partial charge is 0.344 e. The number of pyridine rings is 1. The lowest BCUT2D eigenvalue weighted by Crippen LogP contribution is -2.16. The molecule has 30 heavy (non-hydrogen) atoms. The molecule has 0 fully saturated rings. The largest absolute Gasteiger partial charge is 0.480 e. The van der Waals surface area contributed by atoms with Crippen molar-refractivity contribution in [3.8, 4) is 5.75 Å². The Kier molecular flexibility index (Phi) is 6.85. The van der Waals surface area contributed by atoms with E-state index in [1.54, 1.807) is 13.0 Å². The van der Waals surface area contributed by atoms with Crippen LogP contribution in [0.25, 0.3) is 5.52 Å². The Morgan fingerprint density at radius 3 is 2.53 bits per heavy atom. The van der Waals surface area contributed by atoms with Gasteiger partial charge in [0.1, 0.15) is 11.3 Å². The molecule has 0 atom stereocenters. The van der Waals surface area contributed by atoms with Gasteiger partial charge in [0.15, 0.2) is 6.61 Å². The van der Waals surface area contributed by atoms with E-state index in [0.717, 1.165) is 16.8 Å². The van der Waals surface area contributed by atoms with E-state index in [1.807, 2.05) is 53.9 Å². The maximum atomic E-state index is 11.9. The highest BCUT2D eigenvalue weighted by Crippen LogP contribution is 2.36. The first-order chi connectivity index (χ1) is 14.6. The Balaban J connectivity index is 2.13. The van der Waals surface area contributed by atoms with Crippen molar-refractivity contribution in [2.45, 2.75) is 26.7 Å². The number of hydrogen-bond acceptors (Lipinski definition) is 5. The van der Waals surface area contributed by atoms with Crippen molar-refractivity contribution < 1.29 is 23.9 Å². The Labute approximate surface area is 174 Å². The van der Waals surface area contributed by atoms with Crippen LogP contribution in [-0.4, -0.2) is 35.8 Å². The average molecular weight is 408 g/mol. The molecule has 0 unspecified atom stereocenters. The van der Waals surface area contributed by atoms with Gasteiger partial charge >= 0.3 is 5.97 Å². The van der Waals surface area contributed by atoms with Crippen LogP contribution in [-0.2, 0) is 32.0 Å². The molecule has 0 aliphatic heterocycles. The molecule has 0 aliphatic rings. The van der Waals surface area contributed by atoms with Crippen LogP contribution in [0.2, 0.25) is 0 Å². The number of aromatic nitrogens is 1. The highest BCUT2D eigenvalue weighted by Gasteiger charge is 2.22. The summed E-state index contributed by atoms with van der Waals surface area (Å²) < 4.78 is 12.6. The number of amides is 1. The van der Waals surface area contributed by atoms with Gasteiger partial charge in [-0.05, 0) is 36.6 Å². The molecule has 7 heteroatoms. The van der Waals surface area contributed by atoms with Gasteiger partial charge in [0.05, 0.1) is 12.3 Å². The molecule has 1 aromatic carbocycles. The number of hydrogen-bond donors (Lipinski definition) is 1. The average Bonchev–Trinajstić information content (AvgIpc) is 3.06. The number of benzene rings is 1. The molecular weight excluding hydrogens is 384 g/mol. The van der Waals surface area contributed by atoms with Crippen LogP contribution in [0.3, 0.4) is 0 Å². The maximum absolute atomic E-state index is 11.9. The number of carbonyl (C=O) groups is 3. The summed E-state index contributed by atoms with van der Waals surface area (Å²) in [7, 11) is 0. The number of rotatable bonds is 9. The number of nitrogens with zero attached hydrogens (tertiary/aromatic N) is 1. The lowest BCUT2D eigenvalue weighted by Gasteiger charge is -2.10. The fraction of sp³-hybridized carbons (Fsp3) is 0.261. The third-order valence-electron chi connectivity index (χ3n) is 4.71. The summed E-state index contributed by atoms with van der Waals surface area (Å²) in [5.41, 5.74) is 4.10. The summed E-state index contributed by atoms with van der Waals surface area (Å²) in [5.74, 6) is -0.811. The van der Waals surface area contributed by atoms with E-state index in [4.69, 9.17) is 9.47 Å². The van der Waals surface area contributed by atoms with Gasteiger partial charge in [0.2, 0.25) is 6.29 Å². The van der Waals surface area contributed by atoms with Crippen LogP contribution in [0.5, 0.6) is 5.75 Å². The van der Waals surface area contributed by atoms with Crippen LogP contribution >= 0.6 is 0 Å². The predicted octanol–water partition coefficient (Wildman–Crippen LogP) is 3.17. The van der Waals surface area contributed by atoms with Crippen molar-refractivity contribution in [3.63, 3.8) is 0 Å². The first kappa shape index (κ1) is 21.1. The van der Waals surface area contributed by atoms with Gasteiger partial charge in [-0.25, -0.2) is 4.79 Å². The first-order valence-corrected chi connectivity index (χ1v) is 9.82. The number of carbonyl (C=O) groups excluding carboxylic acids is 3. The zero-order chi connectivity index (χ0) is 21.5. The third-order valence-corrected chi connectivity index (χ3v) is 4.71. The van der Waals surface area contributed by atoms with E-state index in [-0.39, 0.29) is 19.5 Å². The SMILES string of the molecule is CCOC(=O)COc1cccn2c(Cc3ccccc3)c(CC)c(NC(=O)C=O)c12. The van der Waals surface area contributed by atoms with Crippen LogP contribution in [0.15, 0.2) is 48.7 Å². The van der Waals surface area contributed by atoms with Gasteiger partial charge in [0, 0.05) is 18.3 Å². The highest BCUT2D eigenvalue weighted by atomic mass is 16.6. The van der Waals surface area contributed by atoms with E-state index in [2.05, 4.69) is 5.32 Å². The number of anilines is 1. The van der Waals surface area contributed by atoms with Crippen LogP contribution in [0.4, 0.5) is 5.69 Å². The van der Waals surface area contributed by atoms with Crippen molar-refractivity contribution in [1.29, 1.82) is 0 Å². The molecule has 156 valence electrons. The Hall–Kier alpha value is -3.61. The monoisotopic (exact) mass is 408 g/mol. The quantitative estimate of drug-likeness (QED) is 0.334. The van der Waals surface area contributed by atoms with E-state index in [1.165, 1.54) is 0 Å². The summed E-state index contributed by atoms with van der Waals surface area (Å²) >= 11 is 0. The molecule has 1 N–H and O–H groups in total. The first-order valence-electron chi connectivity index (χ1n) is 9.82. The van der Waals surface area contributed by atoms with Crippen molar-refractivity contribution in [2.24, 2.45) is 0 Å². The molecule has 7 nitrogen and oxygen atoms in total. The number of ether oxygens (including phenoxy) is 2. The van der Waals surface area contributed by atoms with Gasteiger partial charge in [-0.1, -0.05) is 37.3 Å².